The molecular weight excluding hydrogens is 318 g/mol. The molecule has 1 aromatic carbocycles. The third-order valence-corrected chi connectivity index (χ3v) is 4.35. The van der Waals surface area contributed by atoms with E-state index in [4.69, 9.17) is 4.74 Å². The molecule has 0 amide bonds. The third-order valence-electron chi connectivity index (χ3n) is 4.35. The first-order valence-electron chi connectivity index (χ1n) is 8.65. The first-order valence-corrected chi connectivity index (χ1v) is 8.65. The molecule has 3 aromatic rings. The first kappa shape index (κ1) is 17.1. The molecule has 0 saturated carbocycles. The lowest BCUT2D eigenvalue weighted by Gasteiger charge is -2.16. The van der Waals surface area contributed by atoms with Gasteiger partial charge < -0.3 is 9.30 Å². The number of methoxy groups -OCH3 is 1. The Labute approximate surface area is 146 Å². The van der Waals surface area contributed by atoms with Crippen molar-refractivity contribution in [3.63, 3.8) is 0 Å². The van der Waals surface area contributed by atoms with Gasteiger partial charge in [0, 0.05) is 11.9 Å². The fourth-order valence-electron chi connectivity index (χ4n) is 3.13. The van der Waals surface area contributed by atoms with E-state index < -0.39 is 0 Å². The number of aromatic nitrogens is 5. The van der Waals surface area contributed by atoms with Gasteiger partial charge in [-0.05, 0) is 23.8 Å². The third kappa shape index (κ3) is 3.55. The number of pyridine rings is 1. The predicted molar refractivity (Wildman–Crippen MR) is 95.8 cm³/mol. The summed E-state index contributed by atoms with van der Waals surface area (Å²) in [5, 5.41) is 12.5. The lowest BCUT2D eigenvalue weighted by atomic mass is 10.1. The van der Waals surface area contributed by atoms with Gasteiger partial charge >= 0.3 is 0 Å². The van der Waals surface area contributed by atoms with E-state index in [1.54, 1.807) is 7.11 Å². The number of nitrogens with zero attached hydrogens (tertiary/aromatic N) is 5. The normalized spacial score (nSPS) is 11.1. The molecule has 0 unspecified atom stereocenters. The Morgan fingerprint density at radius 1 is 1.16 bits per heavy atom. The maximum atomic E-state index is 13.1. The highest BCUT2D eigenvalue weighted by atomic mass is 16.5. The molecule has 0 N–H and O–H groups in total. The van der Waals surface area contributed by atoms with Crippen molar-refractivity contribution in [2.75, 3.05) is 7.11 Å². The lowest BCUT2D eigenvalue weighted by Crippen LogP contribution is -2.27. The number of ether oxygens (including phenoxy) is 1. The van der Waals surface area contributed by atoms with E-state index in [1.165, 1.54) is 24.0 Å². The van der Waals surface area contributed by atoms with Crippen molar-refractivity contribution >= 4 is 10.9 Å². The molecule has 132 valence electrons. The first-order chi connectivity index (χ1) is 12.3. The molecular formula is C18H23N5O2. The summed E-state index contributed by atoms with van der Waals surface area (Å²) in [6.45, 7) is 3.11. The van der Waals surface area contributed by atoms with Gasteiger partial charge in [-0.15, -0.1) is 10.2 Å². The number of aryl methyl sites for hydroxylation is 1. The van der Waals surface area contributed by atoms with E-state index in [1.807, 2.05) is 28.8 Å². The molecule has 0 saturated heterocycles. The van der Waals surface area contributed by atoms with Crippen molar-refractivity contribution in [2.45, 2.75) is 45.7 Å². The van der Waals surface area contributed by atoms with E-state index >= 15 is 0 Å². The van der Waals surface area contributed by atoms with Crippen molar-refractivity contribution in [3.05, 3.63) is 46.5 Å². The maximum absolute atomic E-state index is 13.1. The number of rotatable bonds is 8. The summed E-state index contributed by atoms with van der Waals surface area (Å²) in [4.78, 5) is 14.5. The fourth-order valence-corrected chi connectivity index (χ4v) is 3.13. The molecule has 7 nitrogen and oxygen atoms in total. The maximum Gasteiger partial charge on any atom is 0.259 e. The van der Waals surface area contributed by atoms with Crippen LogP contribution in [0.5, 0.6) is 5.75 Å². The minimum atomic E-state index is -0.0515. The zero-order valence-electron chi connectivity index (χ0n) is 14.7. The Kier molecular flexibility index (Phi) is 5.42. The summed E-state index contributed by atoms with van der Waals surface area (Å²) in [6.07, 6.45) is 5.80. The van der Waals surface area contributed by atoms with E-state index in [9.17, 15) is 4.79 Å². The van der Waals surface area contributed by atoms with Crippen LogP contribution in [0.1, 0.15) is 38.2 Å². The molecule has 0 aliphatic carbocycles. The highest BCUT2D eigenvalue weighted by molar-refractivity contribution is 5.86. The summed E-state index contributed by atoms with van der Waals surface area (Å²) in [5.74, 6) is 0.586. The zero-order valence-corrected chi connectivity index (χ0v) is 14.7. The second-order valence-electron chi connectivity index (χ2n) is 6.01. The second kappa shape index (κ2) is 7.92. The van der Waals surface area contributed by atoms with Crippen molar-refractivity contribution in [2.24, 2.45) is 0 Å². The van der Waals surface area contributed by atoms with Crippen LogP contribution in [0.15, 0.2) is 35.4 Å². The Hall–Kier alpha value is -2.70. The molecule has 25 heavy (non-hydrogen) atoms. The van der Waals surface area contributed by atoms with E-state index in [2.05, 4.69) is 22.3 Å². The van der Waals surface area contributed by atoms with Gasteiger partial charge in [0.05, 0.1) is 24.7 Å². The average Bonchev–Trinajstić information content (AvgIpc) is 3.14. The quantitative estimate of drug-likeness (QED) is 0.589. The molecule has 7 heteroatoms. The van der Waals surface area contributed by atoms with Crippen molar-refractivity contribution in [3.8, 4) is 5.75 Å². The summed E-state index contributed by atoms with van der Waals surface area (Å²) in [6, 6.07) is 7.85. The summed E-state index contributed by atoms with van der Waals surface area (Å²) >= 11 is 0. The molecule has 0 aliphatic rings. The van der Waals surface area contributed by atoms with Gasteiger partial charge in [-0.3, -0.25) is 4.79 Å². The van der Waals surface area contributed by atoms with Crippen LogP contribution in [-0.2, 0) is 13.1 Å². The van der Waals surface area contributed by atoms with Crippen LogP contribution in [0.3, 0.4) is 0 Å². The number of para-hydroxylation sites is 1. The molecule has 0 aliphatic heterocycles. The van der Waals surface area contributed by atoms with E-state index in [-0.39, 0.29) is 12.1 Å². The second-order valence-corrected chi connectivity index (χ2v) is 6.01. The van der Waals surface area contributed by atoms with Crippen molar-refractivity contribution in [1.29, 1.82) is 0 Å². The Balaban J connectivity index is 2.10. The van der Waals surface area contributed by atoms with E-state index in [0.717, 1.165) is 23.7 Å². The molecule has 0 spiro atoms. The highest BCUT2D eigenvalue weighted by Gasteiger charge is 2.18. The van der Waals surface area contributed by atoms with Crippen LogP contribution >= 0.6 is 0 Å². The van der Waals surface area contributed by atoms with Crippen LogP contribution in [0, 0.1) is 0 Å². The Morgan fingerprint density at radius 3 is 2.72 bits per heavy atom. The smallest absolute Gasteiger partial charge is 0.259 e. The lowest BCUT2D eigenvalue weighted by molar-refractivity contribution is 0.406. The van der Waals surface area contributed by atoms with E-state index in [0.29, 0.717) is 17.9 Å². The molecule has 0 fully saturated rings. The number of benzene rings is 1. The minimum absolute atomic E-state index is 0.0515. The van der Waals surface area contributed by atoms with Gasteiger partial charge in [-0.25, -0.2) is 0 Å². The molecule has 0 atom stereocenters. The molecule has 0 bridgehead atoms. The summed E-state index contributed by atoms with van der Waals surface area (Å²) < 4.78 is 7.43. The number of hydrogen-bond acceptors (Lipinski definition) is 5. The van der Waals surface area contributed by atoms with Gasteiger partial charge in [-0.1, -0.05) is 38.3 Å². The van der Waals surface area contributed by atoms with Gasteiger partial charge in [0.15, 0.2) is 6.33 Å². The minimum Gasteiger partial charge on any atom is -0.495 e. The van der Waals surface area contributed by atoms with Crippen LogP contribution in [0.2, 0.25) is 0 Å². The van der Waals surface area contributed by atoms with Crippen LogP contribution in [0.25, 0.3) is 10.9 Å². The highest BCUT2D eigenvalue weighted by Crippen LogP contribution is 2.28. The van der Waals surface area contributed by atoms with Gasteiger partial charge in [0.1, 0.15) is 5.75 Å². The summed E-state index contributed by atoms with van der Waals surface area (Å²) in [5.41, 5.74) is 1.40. The Bertz CT molecular complexity index is 886. The predicted octanol–water partition coefficient (Wildman–Crippen LogP) is 2.63. The SMILES string of the molecule is CCCCCCn1c(=O)c(Cn2ncnn2)c(OC)c2ccccc21. The fraction of sp³-hybridized carbons (Fsp3) is 0.444. The molecule has 2 aromatic heterocycles. The van der Waals surface area contributed by atoms with Crippen LogP contribution in [-0.4, -0.2) is 31.9 Å². The molecule has 0 radical (unpaired) electrons. The zero-order chi connectivity index (χ0) is 17.6. The topological polar surface area (TPSA) is 74.8 Å². The van der Waals surface area contributed by atoms with Crippen molar-refractivity contribution in [1.82, 2.24) is 24.8 Å². The van der Waals surface area contributed by atoms with Gasteiger partial charge in [-0.2, -0.15) is 4.80 Å². The average molecular weight is 341 g/mol. The van der Waals surface area contributed by atoms with Gasteiger partial charge in [0.25, 0.3) is 5.56 Å². The van der Waals surface area contributed by atoms with Crippen LogP contribution < -0.4 is 10.3 Å². The number of hydrogen-bond donors (Lipinski definition) is 0. The number of fused-ring (bicyclic) bond motifs is 1. The number of tetrazole rings is 1. The summed E-state index contributed by atoms with van der Waals surface area (Å²) in [7, 11) is 1.59. The monoisotopic (exact) mass is 341 g/mol. The molecule has 3 rings (SSSR count). The largest absolute Gasteiger partial charge is 0.495 e. The standard InChI is InChI=1S/C18H23N5O2/c1-3-4-5-8-11-22-16-10-7-6-9-14(16)17(25-2)15(18(22)24)12-23-20-13-19-21-23/h6-7,9-10,13H,3-5,8,11-12H2,1-2H3. The van der Waals surface area contributed by atoms with Crippen LogP contribution in [0.4, 0.5) is 0 Å². The molecule has 2 heterocycles. The Morgan fingerprint density at radius 2 is 2.00 bits per heavy atom. The van der Waals surface area contributed by atoms with Crippen molar-refractivity contribution < 1.29 is 4.74 Å². The van der Waals surface area contributed by atoms with Gasteiger partial charge in [0.2, 0.25) is 0 Å². The number of unbranched alkanes of at least 4 members (excludes halogenated alkanes) is 3.